The number of tetrazole rings is 1. The fraction of sp³-hybridized carbons (Fsp3) is 0.200. The largest absolute Gasteiger partial charge is 0.480 e. The van der Waals surface area contributed by atoms with Crippen molar-refractivity contribution in [1.29, 1.82) is 0 Å². The van der Waals surface area contributed by atoms with E-state index in [2.05, 4.69) is 15.5 Å². The normalized spacial score (nSPS) is 10.3. The zero-order chi connectivity index (χ0) is 15.4. The lowest BCUT2D eigenvalue weighted by atomic mass is 10.3. The summed E-state index contributed by atoms with van der Waals surface area (Å²) in [7, 11) is 0. The summed E-state index contributed by atoms with van der Waals surface area (Å²) >= 11 is 1.04. The summed E-state index contributed by atoms with van der Waals surface area (Å²) < 4.78 is 1.24. The van der Waals surface area contributed by atoms with Crippen molar-refractivity contribution in [1.82, 2.24) is 25.1 Å². The Bertz CT molecular complexity index is 651. The molecule has 2 heterocycles. The second-order valence-corrected chi connectivity index (χ2v) is 4.75. The summed E-state index contributed by atoms with van der Waals surface area (Å²) in [6.45, 7) is -1.42. The van der Waals surface area contributed by atoms with Crippen LogP contribution in [0.1, 0.15) is 9.67 Å². The minimum absolute atomic E-state index is 0.157. The van der Waals surface area contributed by atoms with Crippen LogP contribution in [0.25, 0.3) is 5.69 Å². The Morgan fingerprint density at radius 1 is 1.24 bits per heavy atom. The van der Waals surface area contributed by atoms with E-state index in [1.54, 1.807) is 11.4 Å². The number of hydrogen-bond donors (Lipinski definition) is 2. The van der Waals surface area contributed by atoms with E-state index in [9.17, 15) is 14.4 Å². The summed E-state index contributed by atoms with van der Waals surface area (Å²) in [5, 5.41) is 29.7. The minimum Gasteiger partial charge on any atom is -0.480 e. The molecule has 2 aromatic rings. The number of aromatic nitrogens is 4. The van der Waals surface area contributed by atoms with Crippen molar-refractivity contribution < 1.29 is 24.6 Å². The molecule has 0 bridgehead atoms. The highest BCUT2D eigenvalue weighted by Gasteiger charge is 2.25. The number of carboxylic acid groups (broad SMARTS) is 2. The van der Waals surface area contributed by atoms with Gasteiger partial charge >= 0.3 is 11.9 Å². The number of hydrogen-bond acceptors (Lipinski definition) is 7. The molecule has 0 atom stereocenters. The number of amides is 1. The molecular formula is C10H9N5O5S. The lowest BCUT2D eigenvalue weighted by Crippen LogP contribution is -2.39. The monoisotopic (exact) mass is 311 g/mol. The number of nitrogens with zero attached hydrogens (tertiary/aromatic N) is 5. The van der Waals surface area contributed by atoms with Crippen molar-refractivity contribution in [3.05, 3.63) is 22.7 Å². The molecule has 2 N–H and O–H groups in total. The minimum atomic E-state index is -1.30. The maximum Gasteiger partial charge on any atom is 0.323 e. The molecule has 0 aliphatic carbocycles. The molecule has 0 aliphatic rings. The molecule has 0 saturated carbocycles. The molecular weight excluding hydrogens is 302 g/mol. The molecule has 110 valence electrons. The van der Waals surface area contributed by atoms with E-state index in [1.807, 2.05) is 0 Å². The predicted octanol–water partition coefficient (Wildman–Crippen LogP) is -0.665. The molecule has 0 unspecified atom stereocenters. The van der Waals surface area contributed by atoms with Gasteiger partial charge in [0.05, 0.1) is 5.69 Å². The van der Waals surface area contributed by atoms with Crippen LogP contribution in [0, 0.1) is 0 Å². The van der Waals surface area contributed by atoms with E-state index in [-0.39, 0.29) is 4.88 Å². The average molecular weight is 311 g/mol. The number of carbonyl (C=O) groups is 3. The third-order valence-corrected chi connectivity index (χ3v) is 3.27. The van der Waals surface area contributed by atoms with Gasteiger partial charge in [0.1, 0.15) is 24.3 Å². The molecule has 11 heteroatoms. The Labute approximate surface area is 121 Å². The van der Waals surface area contributed by atoms with Crippen LogP contribution in [-0.2, 0) is 9.59 Å². The average Bonchev–Trinajstić information content (AvgIpc) is 3.06. The van der Waals surface area contributed by atoms with Crippen LogP contribution in [0.3, 0.4) is 0 Å². The van der Waals surface area contributed by atoms with E-state index < -0.39 is 30.9 Å². The van der Waals surface area contributed by atoms with Crippen LogP contribution in [0.5, 0.6) is 0 Å². The van der Waals surface area contributed by atoms with Crippen LogP contribution in [-0.4, -0.2) is 66.3 Å². The van der Waals surface area contributed by atoms with Crippen LogP contribution in [0.4, 0.5) is 0 Å². The molecule has 0 aliphatic heterocycles. The first-order chi connectivity index (χ1) is 9.99. The number of carbonyl (C=O) groups excluding carboxylic acids is 1. The van der Waals surface area contributed by atoms with Crippen molar-refractivity contribution in [2.45, 2.75) is 0 Å². The number of rotatable bonds is 6. The summed E-state index contributed by atoms with van der Waals surface area (Å²) in [5.41, 5.74) is 0.357. The van der Waals surface area contributed by atoms with Gasteiger partial charge in [-0.2, -0.15) is 4.68 Å². The molecule has 2 rings (SSSR count). The number of aliphatic carboxylic acids is 2. The Morgan fingerprint density at radius 2 is 1.90 bits per heavy atom. The highest BCUT2D eigenvalue weighted by atomic mass is 32.1. The first-order valence-corrected chi connectivity index (χ1v) is 6.40. The maximum absolute atomic E-state index is 12.3. The molecule has 0 saturated heterocycles. The maximum atomic E-state index is 12.3. The van der Waals surface area contributed by atoms with Gasteiger partial charge in [0.15, 0.2) is 0 Å². The zero-order valence-electron chi connectivity index (χ0n) is 10.4. The molecule has 0 fully saturated rings. The van der Waals surface area contributed by atoms with E-state index in [4.69, 9.17) is 10.2 Å². The molecule has 0 spiro atoms. The van der Waals surface area contributed by atoms with Crippen LogP contribution in [0.2, 0.25) is 0 Å². The van der Waals surface area contributed by atoms with Crippen LogP contribution < -0.4 is 0 Å². The van der Waals surface area contributed by atoms with Crippen molar-refractivity contribution in [2.75, 3.05) is 13.1 Å². The van der Waals surface area contributed by atoms with Gasteiger partial charge in [-0.25, -0.2) is 0 Å². The van der Waals surface area contributed by atoms with Gasteiger partial charge in [-0.05, 0) is 21.9 Å². The van der Waals surface area contributed by atoms with Gasteiger partial charge in [-0.3, -0.25) is 14.4 Å². The topological polar surface area (TPSA) is 139 Å². The molecule has 1 amide bonds. The molecule has 21 heavy (non-hydrogen) atoms. The molecule has 0 radical (unpaired) electrons. The van der Waals surface area contributed by atoms with Crippen molar-refractivity contribution in [3.8, 4) is 5.69 Å². The highest BCUT2D eigenvalue weighted by molar-refractivity contribution is 7.12. The van der Waals surface area contributed by atoms with Gasteiger partial charge in [0, 0.05) is 0 Å². The fourth-order valence-corrected chi connectivity index (χ4v) is 2.43. The van der Waals surface area contributed by atoms with Crippen LogP contribution in [0.15, 0.2) is 17.8 Å². The predicted molar refractivity (Wildman–Crippen MR) is 68.2 cm³/mol. The summed E-state index contributed by atoms with van der Waals surface area (Å²) in [5.74, 6) is -3.31. The summed E-state index contributed by atoms with van der Waals surface area (Å²) in [6.07, 6.45) is 1.28. The Balaban J connectivity index is 2.31. The Hall–Kier alpha value is -2.82. The van der Waals surface area contributed by atoms with E-state index in [0.717, 1.165) is 16.2 Å². The summed E-state index contributed by atoms with van der Waals surface area (Å²) in [6, 6.07) is 1.58. The van der Waals surface area contributed by atoms with E-state index in [0.29, 0.717) is 5.69 Å². The smallest absolute Gasteiger partial charge is 0.323 e. The van der Waals surface area contributed by atoms with Gasteiger partial charge in [0.25, 0.3) is 5.91 Å². The van der Waals surface area contributed by atoms with Crippen molar-refractivity contribution in [2.24, 2.45) is 0 Å². The van der Waals surface area contributed by atoms with Gasteiger partial charge in [-0.1, -0.05) is 0 Å². The zero-order valence-corrected chi connectivity index (χ0v) is 11.2. The van der Waals surface area contributed by atoms with Gasteiger partial charge in [-0.15, -0.1) is 16.4 Å². The Kier molecular flexibility index (Phi) is 4.23. The first kappa shape index (κ1) is 14.6. The second-order valence-electron chi connectivity index (χ2n) is 3.84. The van der Waals surface area contributed by atoms with Gasteiger partial charge in [0.2, 0.25) is 0 Å². The van der Waals surface area contributed by atoms with Crippen molar-refractivity contribution >= 4 is 29.2 Å². The lowest BCUT2D eigenvalue weighted by molar-refractivity contribution is -0.140. The molecule has 2 aromatic heterocycles. The lowest BCUT2D eigenvalue weighted by Gasteiger charge is -2.18. The highest BCUT2D eigenvalue weighted by Crippen LogP contribution is 2.21. The first-order valence-electron chi connectivity index (χ1n) is 5.52. The standard InChI is InChI=1S/C10H9N5O5S/c16-7(17)3-14(4-8(18)19)10(20)9-6(1-2-21-9)15-5-11-12-13-15/h1-2,5H,3-4H2,(H,16,17)(H,18,19). The van der Waals surface area contributed by atoms with E-state index in [1.165, 1.54) is 11.0 Å². The fourth-order valence-electron chi connectivity index (χ4n) is 1.58. The number of carboxylic acids is 2. The summed E-state index contributed by atoms with van der Waals surface area (Å²) in [4.78, 5) is 34.7. The van der Waals surface area contributed by atoms with E-state index >= 15 is 0 Å². The van der Waals surface area contributed by atoms with Crippen molar-refractivity contribution in [3.63, 3.8) is 0 Å². The second kappa shape index (κ2) is 6.09. The van der Waals surface area contributed by atoms with Crippen LogP contribution >= 0.6 is 11.3 Å². The SMILES string of the molecule is O=C(O)CN(CC(=O)O)C(=O)c1sccc1-n1cnnn1. The molecule has 10 nitrogen and oxygen atoms in total. The van der Waals surface area contributed by atoms with Gasteiger partial charge < -0.3 is 15.1 Å². The quantitative estimate of drug-likeness (QED) is 0.716. The third kappa shape index (κ3) is 3.39. The third-order valence-electron chi connectivity index (χ3n) is 2.37. The Morgan fingerprint density at radius 3 is 2.43 bits per heavy atom. The number of thiophene rings is 1. The molecule has 0 aromatic carbocycles.